The van der Waals surface area contributed by atoms with Crippen LogP contribution in [0.4, 0.5) is 0 Å². The van der Waals surface area contributed by atoms with Gasteiger partial charge in [0, 0.05) is 43.9 Å². The van der Waals surface area contributed by atoms with Crippen molar-refractivity contribution in [2.75, 3.05) is 19.6 Å². The highest BCUT2D eigenvalue weighted by Crippen LogP contribution is 2.17. The van der Waals surface area contributed by atoms with Crippen LogP contribution >= 0.6 is 0 Å². The first-order valence-electron chi connectivity index (χ1n) is 7.34. The zero-order valence-corrected chi connectivity index (χ0v) is 11.1. The van der Waals surface area contributed by atoms with Gasteiger partial charge in [-0.3, -0.25) is 0 Å². The fraction of sp³-hybridized carbons (Fsp3) is 0.786. The molecule has 0 bridgehead atoms. The highest BCUT2D eigenvalue weighted by molar-refractivity contribution is 5.10. The minimum absolute atomic E-state index is 0.337. The van der Waals surface area contributed by atoms with Crippen molar-refractivity contribution in [3.63, 3.8) is 0 Å². The third-order valence-electron chi connectivity index (χ3n) is 4.32. The predicted octanol–water partition coefficient (Wildman–Crippen LogP) is 1.18. The monoisotopic (exact) mass is 248 g/mol. The number of imidazole rings is 1. The largest absolute Gasteiger partial charge is 0.332 e. The second-order valence-corrected chi connectivity index (χ2v) is 5.72. The molecule has 1 unspecified atom stereocenters. The van der Waals surface area contributed by atoms with Gasteiger partial charge in [0.05, 0.1) is 0 Å². The number of nitrogens with zero attached hydrogens (tertiary/aromatic N) is 3. The van der Waals surface area contributed by atoms with Gasteiger partial charge in [-0.15, -0.1) is 0 Å². The second-order valence-electron chi connectivity index (χ2n) is 5.72. The van der Waals surface area contributed by atoms with Crippen LogP contribution in [0.25, 0.3) is 0 Å². The molecule has 3 heterocycles. The topological polar surface area (TPSA) is 47.1 Å². The molecule has 100 valence electrons. The summed E-state index contributed by atoms with van der Waals surface area (Å²) in [6.45, 7) is 4.78. The van der Waals surface area contributed by atoms with E-state index >= 15 is 0 Å². The van der Waals surface area contributed by atoms with Crippen LogP contribution in [0.3, 0.4) is 0 Å². The van der Waals surface area contributed by atoms with Gasteiger partial charge < -0.3 is 15.2 Å². The summed E-state index contributed by atoms with van der Waals surface area (Å²) in [5, 5.41) is 0. The molecule has 0 spiro atoms. The van der Waals surface area contributed by atoms with Crippen molar-refractivity contribution >= 4 is 0 Å². The van der Waals surface area contributed by atoms with Crippen molar-refractivity contribution in [2.45, 2.75) is 51.1 Å². The van der Waals surface area contributed by atoms with E-state index in [0.717, 1.165) is 25.8 Å². The lowest BCUT2D eigenvalue weighted by Gasteiger charge is -2.27. The smallest absolute Gasteiger partial charge is 0.110 e. The number of nitrogens with two attached hydrogens (primary N) is 1. The Morgan fingerprint density at radius 3 is 2.89 bits per heavy atom. The first kappa shape index (κ1) is 12.2. The molecule has 18 heavy (non-hydrogen) atoms. The summed E-state index contributed by atoms with van der Waals surface area (Å²) in [4.78, 5) is 7.18. The molecule has 2 N–H and O–H groups in total. The standard InChI is InChI=1S/C14H24N4/c15-12-4-9-18-13(10-12)11-16-14(18)5-8-17-6-2-1-3-7-17/h11-12H,1-10,15H2. The Morgan fingerprint density at radius 2 is 2.06 bits per heavy atom. The number of hydrogen-bond acceptors (Lipinski definition) is 3. The third-order valence-corrected chi connectivity index (χ3v) is 4.32. The number of likely N-dealkylation sites (tertiary alicyclic amines) is 1. The van der Waals surface area contributed by atoms with Crippen LogP contribution < -0.4 is 5.73 Å². The fourth-order valence-electron chi connectivity index (χ4n) is 3.20. The summed E-state index contributed by atoms with van der Waals surface area (Å²) in [6, 6.07) is 0.337. The van der Waals surface area contributed by atoms with Gasteiger partial charge in [0.15, 0.2) is 0 Å². The maximum Gasteiger partial charge on any atom is 0.110 e. The number of hydrogen-bond donors (Lipinski definition) is 1. The van der Waals surface area contributed by atoms with E-state index < -0.39 is 0 Å². The Hall–Kier alpha value is -0.870. The summed E-state index contributed by atoms with van der Waals surface area (Å²) in [5.74, 6) is 1.27. The van der Waals surface area contributed by atoms with E-state index in [0.29, 0.717) is 6.04 Å². The van der Waals surface area contributed by atoms with Gasteiger partial charge in [-0.05, 0) is 32.4 Å². The number of rotatable bonds is 3. The normalized spacial score (nSPS) is 25.1. The molecule has 1 aromatic heterocycles. The molecule has 0 aromatic carbocycles. The van der Waals surface area contributed by atoms with E-state index in [1.54, 1.807) is 0 Å². The van der Waals surface area contributed by atoms with Gasteiger partial charge in [-0.25, -0.2) is 4.98 Å². The highest BCUT2D eigenvalue weighted by Gasteiger charge is 2.19. The molecular weight excluding hydrogens is 224 g/mol. The molecule has 2 aliphatic rings. The molecule has 0 amide bonds. The average molecular weight is 248 g/mol. The maximum atomic E-state index is 6.00. The Bertz CT molecular complexity index is 392. The number of piperidine rings is 1. The molecule has 4 heteroatoms. The van der Waals surface area contributed by atoms with Gasteiger partial charge in [-0.1, -0.05) is 6.42 Å². The lowest BCUT2D eigenvalue weighted by molar-refractivity contribution is 0.229. The van der Waals surface area contributed by atoms with E-state index in [-0.39, 0.29) is 0 Å². The van der Waals surface area contributed by atoms with Crippen molar-refractivity contribution in [2.24, 2.45) is 5.73 Å². The highest BCUT2D eigenvalue weighted by atomic mass is 15.1. The molecule has 1 fully saturated rings. The molecule has 1 saturated heterocycles. The Morgan fingerprint density at radius 1 is 1.22 bits per heavy atom. The molecule has 0 saturated carbocycles. The summed E-state index contributed by atoms with van der Waals surface area (Å²) in [5.41, 5.74) is 7.34. The molecule has 1 aromatic rings. The third kappa shape index (κ3) is 2.59. The van der Waals surface area contributed by atoms with Crippen molar-refractivity contribution in [1.82, 2.24) is 14.5 Å². The minimum Gasteiger partial charge on any atom is -0.332 e. The maximum absolute atomic E-state index is 6.00. The molecule has 2 aliphatic heterocycles. The van der Waals surface area contributed by atoms with E-state index in [1.165, 1.54) is 50.4 Å². The van der Waals surface area contributed by atoms with Crippen LogP contribution in [0.2, 0.25) is 0 Å². The van der Waals surface area contributed by atoms with Crippen LogP contribution in [0, 0.1) is 0 Å². The van der Waals surface area contributed by atoms with Crippen molar-refractivity contribution in [3.8, 4) is 0 Å². The van der Waals surface area contributed by atoms with E-state index in [1.807, 2.05) is 6.20 Å². The molecule has 4 nitrogen and oxygen atoms in total. The fourth-order valence-corrected chi connectivity index (χ4v) is 3.20. The van der Waals surface area contributed by atoms with Crippen molar-refractivity contribution < 1.29 is 0 Å². The minimum atomic E-state index is 0.337. The van der Waals surface area contributed by atoms with Gasteiger partial charge in [0.2, 0.25) is 0 Å². The number of aromatic nitrogens is 2. The van der Waals surface area contributed by atoms with Crippen LogP contribution in [0.5, 0.6) is 0 Å². The molecule has 1 atom stereocenters. The summed E-state index contributed by atoms with van der Waals surface area (Å²) < 4.78 is 2.40. The lowest BCUT2D eigenvalue weighted by atomic mass is 10.1. The summed E-state index contributed by atoms with van der Waals surface area (Å²) >= 11 is 0. The van der Waals surface area contributed by atoms with Gasteiger partial charge >= 0.3 is 0 Å². The predicted molar refractivity (Wildman–Crippen MR) is 72.5 cm³/mol. The van der Waals surface area contributed by atoms with Crippen molar-refractivity contribution in [3.05, 3.63) is 17.7 Å². The first-order chi connectivity index (χ1) is 8.83. The van der Waals surface area contributed by atoms with Gasteiger partial charge in [0.1, 0.15) is 5.82 Å². The molecule has 3 rings (SSSR count). The zero-order valence-electron chi connectivity index (χ0n) is 11.1. The van der Waals surface area contributed by atoms with E-state index in [4.69, 9.17) is 5.73 Å². The quantitative estimate of drug-likeness (QED) is 0.874. The Kier molecular flexibility index (Phi) is 3.66. The Balaban J connectivity index is 1.59. The van der Waals surface area contributed by atoms with Crippen molar-refractivity contribution in [1.29, 1.82) is 0 Å². The lowest BCUT2D eigenvalue weighted by Crippen LogP contribution is -2.33. The summed E-state index contributed by atoms with van der Waals surface area (Å²) in [7, 11) is 0. The SMILES string of the molecule is NC1CCn2c(cnc2CCN2CCCCC2)C1. The van der Waals surface area contributed by atoms with Gasteiger partial charge in [0.25, 0.3) is 0 Å². The number of fused-ring (bicyclic) bond motifs is 1. The van der Waals surface area contributed by atoms with Crippen LogP contribution in [0.15, 0.2) is 6.20 Å². The summed E-state index contributed by atoms with van der Waals surface area (Å²) in [6.07, 6.45) is 9.37. The van der Waals surface area contributed by atoms with Crippen LogP contribution in [0.1, 0.15) is 37.2 Å². The first-order valence-corrected chi connectivity index (χ1v) is 7.34. The van der Waals surface area contributed by atoms with E-state index in [2.05, 4.69) is 14.5 Å². The Labute approximate surface area is 109 Å². The molecule has 0 aliphatic carbocycles. The second kappa shape index (κ2) is 5.41. The van der Waals surface area contributed by atoms with Gasteiger partial charge in [-0.2, -0.15) is 0 Å². The molecule has 0 radical (unpaired) electrons. The van der Waals surface area contributed by atoms with Crippen LogP contribution in [-0.4, -0.2) is 40.1 Å². The van der Waals surface area contributed by atoms with E-state index in [9.17, 15) is 0 Å². The zero-order chi connectivity index (χ0) is 12.4. The van der Waals surface area contributed by atoms with Crippen LogP contribution in [-0.2, 0) is 19.4 Å². The average Bonchev–Trinajstić information content (AvgIpc) is 2.80. The molecular formula is C14H24N4.